The number of hydrogen-bond donors (Lipinski definition) is 0. The molecule has 0 rings (SSSR count). The molecule has 0 saturated carbocycles. The van der Waals surface area contributed by atoms with E-state index in [9.17, 15) is 0 Å². The van der Waals surface area contributed by atoms with E-state index in [1.165, 1.54) is 13.0 Å². The van der Waals surface area contributed by atoms with Crippen LogP contribution >= 0.6 is 9.39 Å². The highest BCUT2D eigenvalue weighted by Crippen LogP contribution is 1.96. The second-order valence-corrected chi connectivity index (χ2v) is 2.36. The van der Waals surface area contributed by atoms with Gasteiger partial charge in [-0.3, -0.25) is 4.67 Å². The minimum absolute atomic E-state index is 1.14. The SMILES string of the molecule is CC.CCCN(P)CC. The van der Waals surface area contributed by atoms with Crippen molar-refractivity contribution in [1.29, 1.82) is 0 Å². The van der Waals surface area contributed by atoms with Crippen LogP contribution in [0.5, 0.6) is 0 Å². The molecule has 1 atom stereocenters. The largest absolute Gasteiger partial charge is 0.288 e. The molecule has 0 aromatic heterocycles. The molecule has 0 spiro atoms. The molecule has 0 aromatic rings. The standard InChI is InChI=1S/C5H14NP.C2H6/c1-3-5-6(7)4-2;1-2/h3-5,7H2,1-2H3;1-2H3. The fourth-order valence-corrected chi connectivity index (χ4v) is 0.704. The molecule has 0 fully saturated rings. The minimum atomic E-state index is 1.14. The van der Waals surface area contributed by atoms with E-state index >= 15 is 0 Å². The van der Waals surface area contributed by atoms with E-state index < -0.39 is 0 Å². The maximum absolute atomic E-state index is 2.69. The smallest absolute Gasteiger partial charge is 0.00134 e. The molecule has 58 valence electrons. The fourth-order valence-electron chi connectivity index (χ4n) is 0.445. The van der Waals surface area contributed by atoms with E-state index in [2.05, 4.69) is 27.9 Å². The molecular formula is C7H20NP. The Kier molecular flexibility index (Phi) is 15.1. The van der Waals surface area contributed by atoms with Crippen molar-refractivity contribution >= 4 is 9.39 Å². The first-order valence-corrected chi connectivity index (χ1v) is 4.32. The van der Waals surface area contributed by atoms with E-state index in [1.54, 1.807) is 0 Å². The average Bonchev–Trinajstić information content (AvgIpc) is 1.93. The Bertz CT molecular complexity index is 39.9. The maximum Gasteiger partial charge on any atom is 0.00134 e. The highest BCUT2D eigenvalue weighted by atomic mass is 31.0. The first-order valence-electron chi connectivity index (χ1n) is 3.80. The quantitative estimate of drug-likeness (QED) is 0.557. The Morgan fingerprint density at radius 3 is 1.78 bits per heavy atom. The summed E-state index contributed by atoms with van der Waals surface area (Å²) < 4.78 is 2.22. The molecule has 0 aliphatic heterocycles. The lowest BCUT2D eigenvalue weighted by atomic mass is 10.5. The minimum Gasteiger partial charge on any atom is -0.288 e. The van der Waals surface area contributed by atoms with E-state index in [-0.39, 0.29) is 0 Å². The topological polar surface area (TPSA) is 3.24 Å². The predicted molar refractivity (Wildman–Crippen MR) is 48.6 cm³/mol. The average molecular weight is 149 g/mol. The molecule has 0 aliphatic rings. The van der Waals surface area contributed by atoms with E-state index in [0.29, 0.717) is 0 Å². The van der Waals surface area contributed by atoms with E-state index in [0.717, 1.165) is 6.54 Å². The zero-order chi connectivity index (χ0) is 7.70. The summed E-state index contributed by atoms with van der Waals surface area (Å²) in [6.07, 6.45) is 1.25. The van der Waals surface area contributed by atoms with Gasteiger partial charge in [-0.05, 0) is 13.0 Å². The summed E-state index contributed by atoms with van der Waals surface area (Å²) in [5, 5.41) is 0. The van der Waals surface area contributed by atoms with E-state index in [4.69, 9.17) is 0 Å². The van der Waals surface area contributed by atoms with Gasteiger partial charge in [0.2, 0.25) is 0 Å². The van der Waals surface area contributed by atoms with Crippen LogP contribution in [0.1, 0.15) is 34.1 Å². The molecule has 0 saturated heterocycles. The Balaban J connectivity index is 0. The van der Waals surface area contributed by atoms with Gasteiger partial charge in [-0.1, -0.05) is 37.1 Å². The van der Waals surface area contributed by atoms with Crippen LogP contribution in [0.3, 0.4) is 0 Å². The fraction of sp³-hybridized carbons (Fsp3) is 1.00. The molecule has 1 nitrogen and oxygen atoms in total. The molecule has 0 aromatic carbocycles. The molecule has 1 unspecified atom stereocenters. The van der Waals surface area contributed by atoms with Crippen LogP contribution in [0.15, 0.2) is 0 Å². The second-order valence-electron chi connectivity index (χ2n) is 1.63. The molecule has 0 amide bonds. The van der Waals surface area contributed by atoms with Crippen LogP contribution < -0.4 is 0 Å². The summed E-state index contributed by atoms with van der Waals surface area (Å²) in [5.74, 6) is 0. The van der Waals surface area contributed by atoms with Gasteiger partial charge < -0.3 is 0 Å². The van der Waals surface area contributed by atoms with Crippen LogP contribution in [0.2, 0.25) is 0 Å². The van der Waals surface area contributed by atoms with Crippen molar-refractivity contribution < 1.29 is 0 Å². The van der Waals surface area contributed by atoms with Crippen molar-refractivity contribution in [2.45, 2.75) is 34.1 Å². The lowest BCUT2D eigenvalue weighted by Crippen LogP contribution is -2.10. The second kappa shape index (κ2) is 11.2. The highest BCUT2D eigenvalue weighted by Gasteiger charge is 1.86. The van der Waals surface area contributed by atoms with Crippen LogP contribution in [0, 0.1) is 0 Å². The summed E-state index contributed by atoms with van der Waals surface area (Å²) in [5.41, 5.74) is 0. The summed E-state index contributed by atoms with van der Waals surface area (Å²) in [7, 11) is 2.69. The van der Waals surface area contributed by atoms with Crippen molar-refractivity contribution in [3.63, 3.8) is 0 Å². The first-order chi connectivity index (χ1) is 4.31. The van der Waals surface area contributed by atoms with Crippen molar-refractivity contribution in [2.75, 3.05) is 13.1 Å². The third-order valence-corrected chi connectivity index (χ3v) is 1.54. The van der Waals surface area contributed by atoms with Crippen LogP contribution in [-0.4, -0.2) is 17.8 Å². The molecule has 0 radical (unpaired) electrons. The predicted octanol–water partition coefficient (Wildman–Crippen LogP) is 2.53. The normalized spacial score (nSPS) is 8.67. The van der Waals surface area contributed by atoms with Gasteiger partial charge in [0.1, 0.15) is 0 Å². The van der Waals surface area contributed by atoms with Gasteiger partial charge in [-0.15, -0.1) is 0 Å². The molecule has 2 heteroatoms. The lowest BCUT2D eigenvalue weighted by molar-refractivity contribution is 0.493. The molecule has 9 heavy (non-hydrogen) atoms. The summed E-state index contributed by atoms with van der Waals surface area (Å²) in [4.78, 5) is 0. The van der Waals surface area contributed by atoms with Crippen molar-refractivity contribution in [3.05, 3.63) is 0 Å². The molecular weight excluding hydrogens is 129 g/mol. The van der Waals surface area contributed by atoms with Gasteiger partial charge in [0.15, 0.2) is 0 Å². The Morgan fingerprint density at radius 2 is 1.67 bits per heavy atom. The Morgan fingerprint density at radius 1 is 1.22 bits per heavy atom. The Hall–Kier alpha value is 0.390. The molecule has 0 aliphatic carbocycles. The van der Waals surface area contributed by atoms with Gasteiger partial charge in [-0.2, -0.15) is 0 Å². The van der Waals surface area contributed by atoms with Crippen molar-refractivity contribution in [1.82, 2.24) is 4.67 Å². The zero-order valence-corrected chi connectivity index (χ0v) is 8.30. The Labute approximate surface area is 62.1 Å². The van der Waals surface area contributed by atoms with Crippen LogP contribution in [0.4, 0.5) is 0 Å². The number of hydrogen-bond acceptors (Lipinski definition) is 1. The summed E-state index contributed by atoms with van der Waals surface area (Å²) in [6, 6.07) is 0. The van der Waals surface area contributed by atoms with Crippen LogP contribution in [0.25, 0.3) is 0 Å². The highest BCUT2D eigenvalue weighted by molar-refractivity contribution is 7.13. The molecule has 0 heterocycles. The number of rotatable bonds is 3. The van der Waals surface area contributed by atoms with Gasteiger partial charge in [0.05, 0.1) is 0 Å². The third kappa shape index (κ3) is 11.8. The van der Waals surface area contributed by atoms with Gasteiger partial charge >= 0.3 is 0 Å². The monoisotopic (exact) mass is 149 g/mol. The van der Waals surface area contributed by atoms with Crippen molar-refractivity contribution in [3.8, 4) is 0 Å². The summed E-state index contributed by atoms with van der Waals surface area (Å²) in [6.45, 7) is 10.7. The first kappa shape index (κ1) is 12.1. The van der Waals surface area contributed by atoms with Crippen molar-refractivity contribution in [2.24, 2.45) is 0 Å². The van der Waals surface area contributed by atoms with Gasteiger partial charge in [-0.25, -0.2) is 0 Å². The molecule has 0 bridgehead atoms. The van der Waals surface area contributed by atoms with Crippen LogP contribution in [-0.2, 0) is 0 Å². The summed E-state index contributed by atoms with van der Waals surface area (Å²) >= 11 is 0. The number of nitrogens with zero attached hydrogens (tertiary/aromatic N) is 1. The van der Waals surface area contributed by atoms with E-state index in [1.807, 2.05) is 13.8 Å². The van der Waals surface area contributed by atoms with Gasteiger partial charge in [0, 0.05) is 6.54 Å². The molecule has 0 N–H and O–H groups in total. The zero-order valence-electron chi connectivity index (χ0n) is 7.15. The lowest BCUT2D eigenvalue weighted by Gasteiger charge is -2.09. The maximum atomic E-state index is 2.69. The van der Waals surface area contributed by atoms with Gasteiger partial charge in [0.25, 0.3) is 0 Å². The third-order valence-electron chi connectivity index (χ3n) is 0.917.